The highest BCUT2D eigenvalue weighted by molar-refractivity contribution is 7.89. The minimum Gasteiger partial charge on any atom is -0.477 e. The molecule has 0 fully saturated rings. The Morgan fingerprint density at radius 1 is 1.47 bits per heavy atom. The molecule has 1 aromatic heterocycles. The number of thiophene rings is 1. The summed E-state index contributed by atoms with van der Waals surface area (Å²) < 4.78 is 26.5. The molecule has 0 bridgehead atoms. The number of carbonyl (C=O) groups is 1. The van der Waals surface area contributed by atoms with E-state index in [2.05, 4.69) is 4.72 Å². The summed E-state index contributed by atoms with van der Waals surface area (Å²) in [5.41, 5.74) is 0.00336. The van der Waals surface area contributed by atoms with E-state index in [4.69, 9.17) is 5.11 Å². The van der Waals surface area contributed by atoms with Crippen molar-refractivity contribution >= 4 is 27.3 Å². The molecule has 0 saturated heterocycles. The van der Waals surface area contributed by atoms with Crippen LogP contribution in [0.25, 0.3) is 0 Å². The maximum Gasteiger partial charge on any atom is 0.345 e. The average Bonchev–Trinajstić information content (AvgIpc) is 2.74. The van der Waals surface area contributed by atoms with Crippen LogP contribution in [0.2, 0.25) is 0 Å². The molecule has 7 heteroatoms. The number of aromatic carboxylic acids is 1. The minimum absolute atomic E-state index is 0.00336. The van der Waals surface area contributed by atoms with Crippen molar-refractivity contribution in [1.29, 1.82) is 0 Å². The van der Waals surface area contributed by atoms with Crippen molar-refractivity contribution in [2.24, 2.45) is 11.3 Å². The quantitative estimate of drug-likeness (QED) is 0.875. The summed E-state index contributed by atoms with van der Waals surface area (Å²) in [5, 5.41) is 10.1. The van der Waals surface area contributed by atoms with E-state index in [9.17, 15) is 13.2 Å². The van der Waals surface area contributed by atoms with Crippen LogP contribution in [0.4, 0.5) is 0 Å². The fourth-order valence-electron chi connectivity index (χ4n) is 1.20. The van der Waals surface area contributed by atoms with Crippen LogP contribution in [-0.2, 0) is 10.0 Å². The van der Waals surface area contributed by atoms with Gasteiger partial charge in [0.1, 0.15) is 4.88 Å². The fourth-order valence-corrected chi connectivity index (χ4v) is 3.44. The summed E-state index contributed by atoms with van der Waals surface area (Å²) in [7, 11) is -3.63. The van der Waals surface area contributed by atoms with Crippen LogP contribution in [0, 0.1) is 11.3 Å². The van der Waals surface area contributed by atoms with Crippen molar-refractivity contribution in [2.45, 2.75) is 32.6 Å². The van der Waals surface area contributed by atoms with Crippen molar-refractivity contribution in [3.05, 3.63) is 16.3 Å². The average molecular weight is 305 g/mol. The van der Waals surface area contributed by atoms with Crippen LogP contribution >= 0.6 is 11.3 Å². The van der Waals surface area contributed by atoms with Gasteiger partial charge in [0.15, 0.2) is 0 Å². The number of hydrogen-bond donors (Lipinski definition) is 2. The zero-order chi connectivity index (χ0) is 14.8. The van der Waals surface area contributed by atoms with Crippen molar-refractivity contribution in [2.75, 3.05) is 6.54 Å². The van der Waals surface area contributed by atoms with Crippen LogP contribution in [0.5, 0.6) is 0 Å². The Labute approximate surface area is 117 Å². The van der Waals surface area contributed by atoms with Crippen LogP contribution in [0.1, 0.15) is 37.4 Å². The lowest BCUT2D eigenvalue weighted by molar-refractivity contribution is 0.0702. The maximum atomic E-state index is 12.0. The van der Waals surface area contributed by atoms with Crippen molar-refractivity contribution in [1.82, 2.24) is 4.72 Å². The lowest BCUT2D eigenvalue weighted by Crippen LogP contribution is -2.33. The molecule has 0 aliphatic carbocycles. The van der Waals surface area contributed by atoms with Gasteiger partial charge >= 0.3 is 5.97 Å². The molecule has 108 valence electrons. The van der Waals surface area contributed by atoms with Gasteiger partial charge in [-0.2, -0.15) is 0 Å². The lowest BCUT2D eigenvalue weighted by Gasteiger charge is -2.27. The molecule has 1 heterocycles. The molecular formula is C12H19NO4S2. The Bertz CT molecular complexity index is 555. The van der Waals surface area contributed by atoms with Crippen molar-refractivity contribution in [3.63, 3.8) is 0 Å². The molecule has 5 nitrogen and oxygen atoms in total. The highest BCUT2D eigenvalue weighted by atomic mass is 32.2. The zero-order valence-corrected chi connectivity index (χ0v) is 13.1. The third kappa shape index (κ3) is 4.29. The maximum absolute atomic E-state index is 12.0. The second-order valence-corrected chi connectivity index (χ2v) is 8.25. The van der Waals surface area contributed by atoms with Crippen LogP contribution in [-0.4, -0.2) is 26.0 Å². The van der Waals surface area contributed by atoms with Gasteiger partial charge in [-0.15, -0.1) is 11.3 Å². The van der Waals surface area contributed by atoms with Gasteiger partial charge in [0.05, 0.1) is 4.90 Å². The number of hydrogen-bond acceptors (Lipinski definition) is 4. The predicted molar refractivity (Wildman–Crippen MR) is 75.1 cm³/mol. The van der Waals surface area contributed by atoms with Crippen molar-refractivity contribution < 1.29 is 18.3 Å². The Kier molecular flexibility index (Phi) is 4.76. The third-order valence-electron chi connectivity index (χ3n) is 3.15. The fraction of sp³-hybridized carbons (Fsp3) is 0.583. The van der Waals surface area contributed by atoms with E-state index in [1.807, 2.05) is 27.7 Å². The van der Waals surface area contributed by atoms with Crippen LogP contribution in [0.3, 0.4) is 0 Å². The molecule has 1 atom stereocenters. The van der Waals surface area contributed by atoms with Gasteiger partial charge in [-0.1, -0.05) is 27.7 Å². The van der Waals surface area contributed by atoms with E-state index >= 15 is 0 Å². The number of carboxylic acid groups (broad SMARTS) is 1. The molecule has 1 aromatic rings. The molecule has 0 radical (unpaired) electrons. The molecule has 0 saturated carbocycles. The first-order valence-electron chi connectivity index (χ1n) is 5.85. The summed E-state index contributed by atoms with van der Waals surface area (Å²) >= 11 is 0.906. The van der Waals surface area contributed by atoms with Crippen molar-refractivity contribution in [3.8, 4) is 0 Å². The van der Waals surface area contributed by atoms with E-state index in [-0.39, 0.29) is 21.1 Å². The number of rotatable bonds is 5. The largest absolute Gasteiger partial charge is 0.477 e. The molecule has 0 aliphatic rings. The van der Waals surface area contributed by atoms with E-state index in [1.165, 1.54) is 11.4 Å². The van der Waals surface area contributed by atoms with Gasteiger partial charge in [0, 0.05) is 11.9 Å². The standard InChI is InChI=1S/C12H19NO4S2/c1-8(12(2,3)4)6-13-19(16,17)9-5-10(11(14)15)18-7-9/h5,7-8,13H,6H2,1-4H3,(H,14,15). The summed E-state index contributed by atoms with van der Waals surface area (Å²) in [4.78, 5) is 10.8. The molecule has 1 rings (SSSR count). The first kappa shape index (κ1) is 16.1. The Morgan fingerprint density at radius 3 is 2.47 bits per heavy atom. The van der Waals surface area contributed by atoms with Crippen LogP contribution in [0.15, 0.2) is 16.3 Å². The van der Waals surface area contributed by atoms with Gasteiger partial charge in [0.25, 0.3) is 0 Å². The second-order valence-electron chi connectivity index (χ2n) is 5.57. The van der Waals surface area contributed by atoms with Gasteiger partial charge in [-0.25, -0.2) is 17.9 Å². The van der Waals surface area contributed by atoms with Crippen LogP contribution < -0.4 is 4.72 Å². The first-order valence-corrected chi connectivity index (χ1v) is 8.22. The molecule has 0 aliphatic heterocycles. The molecule has 19 heavy (non-hydrogen) atoms. The lowest BCUT2D eigenvalue weighted by atomic mass is 9.82. The topological polar surface area (TPSA) is 83.5 Å². The summed E-state index contributed by atoms with van der Waals surface area (Å²) in [6.45, 7) is 8.42. The predicted octanol–water partition coefficient (Wildman–Crippen LogP) is 2.41. The summed E-state index contributed by atoms with van der Waals surface area (Å²) in [5.74, 6) is -0.950. The molecule has 0 spiro atoms. The molecule has 0 amide bonds. The van der Waals surface area contributed by atoms with Gasteiger partial charge in [-0.05, 0) is 17.4 Å². The molecule has 2 N–H and O–H groups in total. The Morgan fingerprint density at radius 2 is 2.05 bits per heavy atom. The summed E-state index contributed by atoms with van der Waals surface area (Å²) in [6.07, 6.45) is 0. The van der Waals surface area contributed by atoms with Gasteiger partial charge in [-0.3, -0.25) is 0 Å². The normalized spacial score (nSPS) is 14.3. The number of nitrogens with one attached hydrogen (secondary N) is 1. The van der Waals surface area contributed by atoms with Gasteiger partial charge < -0.3 is 5.11 Å². The molecule has 1 unspecified atom stereocenters. The summed E-state index contributed by atoms with van der Waals surface area (Å²) in [6, 6.07) is 1.18. The first-order chi connectivity index (χ1) is 8.54. The molecular weight excluding hydrogens is 286 g/mol. The van der Waals surface area contributed by atoms with E-state index < -0.39 is 16.0 Å². The smallest absolute Gasteiger partial charge is 0.345 e. The minimum atomic E-state index is -3.63. The van der Waals surface area contributed by atoms with E-state index in [0.29, 0.717) is 6.54 Å². The highest BCUT2D eigenvalue weighted by Gasteiger charge is 2.24. The molecule has 0 aromatic carbocycles. The second kappa shape index (κ2) is 5.60. The highest BCUT2D eigenvalue weighted by Crippen LogP contribution is 2.25. The SMILES string of the molecule is CC(CNS(=O)(=O)c1csc(C(=O)O)c1)C(C)(C)C. The monoisotopic (exact) mass is 305 g/mol. The zero-order valence-electron chi connectivity index (χ0n) is 11.4. The Hall–Kier alpha value is -0.920. The third-order valence-corrected chi connectivity index (χ3v) is 5.62. The van der Waals surface area contributed by atoms with E-state index in [0.717, 1.165) is 11.3 Å². The van der Waals surface area contributed by atoms with E-state index in [1.54, 1.807) is 0 Å². The Balaban J connectivity index is 2.79. The number of sulfonamides is 1. The number of carboxylic acids is 1. The van der Waals surface area contributed by atoms with Gasteiger partial charge in [0.2, 0.25) is 10.0 Å².